The van der Waals surface area contributed by atoms with Crippen LogP contribution in [0.5, 0.6) is 0 Å². The molecule has 15 heavy (non-hydrogen) atoms. The highest BCUT2D eigenvalue weighted by Gasteiger charge is 2.11. The van der Waals surface area contributed by atoms with Crippen molar-refractivity contribution in [2.45, 2.75) is 70.3 Å². The van der Waals surface area contributed by atoms with E-state index in [0.29, 0.717) is 0 Å². The van der Waals surface area contributed by atoms with Crippen molar-refractivity contribution < 1.29 is 0 Å². The van der Waals surface area contributed by atoms with Gasteiger partial charge in [0.2, 0.25) is 0 Å². The predicted molar refractivity (Wildman–Crippen MR) is 67.0 cm³/mol. The maximum Gasteiger partial charge on any atom is 0.00670 e. The largest absolute Gasteiger partial charge is 0.330 e. The highest BCUT2D eigenvalue weighted by molar-refractivity contribution is 4.71. The molecule has 0 aromatic heterocycles. The molecular weight excluding hydrogens is 184 g/mol. The van der Waals surface area contributed by atoms with Gasteiger partial charge in [0.25, 0.3) is 0 Å². The van der Waals surface area contributed by atoms with E-state index in [9.17, 15) is 0 Å². The molecule has 0 heterocycles. The van der Waals surface area contributed by atoms with E-state index in [1.165, 1.54) is 70.8 Å². The van der Waals surface area contributed by atoms with E-state index in [1.807, 2.05) is 0 Å². The molecule has 2 nitrogen and oxygen atoms in total. The van der Waals surface area contributed by atoms with Crippen LogP contribution in [-0.4, -0.2) is 19.1 Å². The van der Waals surface area contributed by atoms with Crippen molar-refractivity contribution in [2.24, 2.45) is 5.73 Å². The molecule has 1 rings (SSSR count). The Kier molecular flexibility index (Phi) is 7.94. The molecule has 1 saturated carbocycles. The lowest BCUT2D eigenvalue weighted by atomic mass is 9.95. The van der Waals surface area contributed by atoms with E-state index >= 15 is 0 Å². The van der Waals surface area contributed by atoms with Gasteiger partial charge in [0, 0.05) is 6.04 Å². The fraction of sp³-hybridized carbons (Fsp3) is 1.00. The van der Waals surface area contributed by atoms with Gasteiger partial charge >= 0.3 is 0 Å². The number of nitrogens with two attached hydrogens (primary N) is 1. The van der Waals surface area contributed by atoms with E-state index < -0.39 is 0 Å². The van der Waals surface area contributed by atoms with Crippen molar-refractivity contribution in [1.82, 2.24) is 5.32 Å². The lowest BCUT2D eigenvalue weighted by molar-refractivity contribution is 0.370. The summed E-state index contributed by atoms with van der Waals surface area (Å²) >= 11 is 0. The van der Waals surface area contributed by atoms with E-state index in [4.69, 9.17) is 5.73 Å². The summed E-state index contributed by atoms with van der Waals surface area (Å²) in [6.45, 7) is 2.09. The Morgan fingerprint density at radius 2 is 1.53 bits per heavy atom. The first-order valence-corrected chi connectivity index (χ1v) is 6.87. The fourth-order valence-corrected chi connectivity index (χ4v) is 2.41. The number of unbranched alkanes of at least 4 members (excludes halogenated alkanes) is 4. The van der Waals surface area contributed by atoms with Gasteiger partial charge in [-0.1, -0.05) is 38.5 Å². The Balaban J connectivity index is 1.79. The molecule has 0 saturated heterocycles. The second-order valence-electron chi connectivity index (χ2n) is 4.85. The Labute approximate surface area is 95.0 Å². The summed E-state index contributed by atoms with van der Waals surface area (Å²) < 4.78 is 0. The van der Waals surface area contributed by atoms with Gasteiger partial charge in [-0.05, 0) is 38.8 Å². The molecule has 0 bridgehead atoms. The quantitative estimate of drug-likeness (QED) is 0.607. The highest BCUT2D eigenvalue weighted by Crippen LogP contribution is 2.17. The molecule has 0 aliphatic heterocycles. The second kappa shape index (κ2) is 9.17. The molecule has 90 valence electrons. The van der Waals surface area contributed by atoms with Crippen molar-refractivity contribution in [1.29, 1.82) is 0 Å². The molecule has 3 N–H and O–H groups in total. The van der Waals surface area contributed by atoms with Crippen LogP contribution in [0.2, 0.25) is 0 Å². The van der Waals surface area contributed by atoms with Crippen LogP contribution in [0.4, 0.5) is 0 Å². The van der Waals surface area contributed by atoms with E-state index in [-0.39, 0.29) is 0 Å². The minimum absolute atomic E-state index is 0.836. The summed E-state index contributed by atoms with van der Waals surface area (Å²) in [7, 11) is 0. The van der Waals surface area contributed by atoms with Gasteiger partial charge in [0.15, 0.2) is 0 Å². The van der Waals surface area contributed by atoms with Gasteiger partial charge in [-0.15, -0.1) is 0 Å². The summed E-state index contributed by atoms with van der Waals surface area (Å²) in [6, 6.07) is 0.836. The van der Waals surface area contributed by atoms with Crippen LogP contribution in [0.1, 0.15) is 64.2 Å². The topological polar surface area (TPSA) is 38.0 Å². The summed E-state index contributed by atoms with van der Waals surface area (Å²) in [4.78, 5) is 0. The molecule has 0 radical (unpaired) electrons. The summed E-state index contributed by atoms with van der Waals surface area (Å²) in [5.41, 5.74) is 5.45. The summed E-state index contributed by atoms with van der Waals surface area (Å²) in [6.07, 6.45) is 13.8. The third-order valence-corrected chi connectivity index (χ3v) is 3.42. The maximum absolute atomic E-state index is 5.45. The lowest BCUT2D eigenvalue weighted by Gasteiger charge is -2.22. The van der Waals surface area contributed by atoms with Crippen molar-refractivity contribution in [3.05, 3.63) is 0 Å². The average molecular weight is 212 g/mol. The van der Waals surface area contributed by atoms with Gasteiger partial charge < -0.3 is 11.1 Å². The van der Waals surface area contributed by atoms with Crippen molar-refractivity contribution >= 4 is 0 Å². The Morgan fingerprint density at radius 3 is 2.27 bits per heavy atom. The predicted octanol–water partition coefficient (Wildman–Crippen LogP) is 2.82. The minimum Gasteiger partial charge on any atom is -0.330 e. The molecule has 0 amide bonds. The van der Waals surface area contributed by atoms with Crippen LogP contribution >= 0.6 is 0 Å². The molecule has 1 fully saturated rings. The van der Waals surface area contributed by atoms with Gasteiger partial charge in [0.1, 0.15) is 0 Å². The van der Waals surface area contributed by atoms with Gasteiger partial charge in [0.05, 0.1) is 0 Å². The van der Waals surface area contributed by atoms with Gasteiger partial charge in [-0.2, -0.15) is 0 Å². The zero-order valence-electron chi connectivity index (χ0n) is 10.1. The lowest BCUT2D eigenvalue weighted by Crippen LogP contribution is -2.31. The monoisotopic (exact) mass is 212 g/mol. The normalized spacial score (nSPS) is 18.2. The fourth-order valence-electron chi connectivity index (χ4n) is 2.41. The van der Waals surface area contributed by atoms with Crippen LogP contribution < -0.4 is 11.1 Å². The SMILES string of the molecule is NCCCCCCCNC1CCCCC1. The number of hydrogen-bond donors (Lipinski definition) is 2. The van der Waals surface area contributed by atoms with E-state index in [2.05, 4.69) is 5.32 Å². The smallest absolute Gasteiger partial charge is 0.00670 e. The molecular formula is C13H28N2. The van der Waals surface area contributed by atoms with E-state index in [0.717, 1.165) is 12.6 Å². The van der Waals surface area contributed by atoms with Crippen LogP contribution in [0, 0.1) is 0 Å². The van der Waals surface area contributed by atoms with Crippen LogP contribution in [0.15, 0.2) is 0 Å². The third-order valence-electron chi connectivity index (χ3n) is 3.42. The van der Waals surface area contributed by atoms with Crippen LogP contribution in [0.25, 0.3) is 0 Å². The Bertz CT molecular complexity index is 130. The van der Waals surface area contributed by atoms with Crippen molar-refractivity contribution in [3.63, 3.8) is 0 Å². The maximum atomic E-state index is 5.45. The number of nitrogens with one attached hydrogen (secondary N) is 1. The zero-order valence-corrected chi connectivity index (χ0v) is 10.1. The van der Waals surface area contributed by atoms with Crippen LogP contribution in [-0.2, 0) is 0 Å². The number of hydrogen-bond acceptors (Lipinski definition) is 2. The highest BCUT2D eigenvalue weighted by atomic mass is 14.9. The Hall–Kier alpha value is -0.0800. The molecule has 2 heteroatoms. The number of rotatable bonds is 8. The average Bonchev–Trinajstić information content (AvgIpc) is 2.29. The molecule has 0 atom stereocenters. The molecule has 0 aromatic rings. The first-order valence-electron chi connectivity index (χ1n) is 6.87. The third kappa shape index (κ3) is 6.91. The van der Waals surface area contributed by atoms with Crippen LogP contribution in [0.3, 0.4) is 0 Å². The van der Waals surface area contributed by atoms with Gasteiger partial charge in [-0.3, -0.25) is 0 Å². The zero-order chi connectivity index (χ0) is 10.8. The van der Waals surface area contributed by atoms with Crippen molar-refractivity contribution in [2.75, 3.05) is 13.1 Å². The standard InChI is InChI=1S/C13H28N2/c14-11-7-2-1-3-8-12-15-13-9-5-4-6-10-13/h13,15H,1-12,14H2. The first-order chi connectivity index (χ1) is 7.43. The van der Waals surface area contributed by atoms with Crippen molar-refractivity contribution in [3.8, 4) is 0 Å². The molecule has 1 aliphatic carbocycles. The molecule has 0 unspecified atom stereocenters. The van der Waals surface area contributed by atoms with E-state index in [1.54, 1.807) is 0 Å². The van der Waals surface area contributed by atoms with Gasteiger partial charge in [-0.25, -0.2) is 0 Å². The molecule has 1 aliphatic rings. The summed E-state index contributed by atoms with van der Waals surface area (Å²) in [5, 5.41) is 3.69. The molecule has 0 spiro atoms. The minimum atomic E-state index is 0.836. The molecule has 0 aromatic carbocycles. The summed E-state index contributed by atoms with van der Waals surface area (Å²) in [5.74, 6) is 0. The second-order valence-corrected chi connectivity index (χ2v) is 4.85. The Morgan fingerprint density at radius 1 is 0.867 bits per heavy atom. The first kappa shape index (κ1) is 13.0.